The lowest BCUT2D eigenvalue weighted by atomic mass is 9.69. The third kappa shape index (κ3) is 2.33. The minimum Gasteiger partial charge on any atom is -0.407 e. The van der Waals surface area contributed by atoms with Gasteiger partial charge in [-0.05, 0) is 31.4 Å². The van der Waals surface area contributed by atoms with Crippen LogP contribution in [-0.4, -0.2) is 19.3 Å². The van der Waals surface area contributed by atoms with E-state index in [-0.39, 0.29) is 18.1 Å². The molecule has 0 bridgehead atoms. The second kappa shape index (κ2) is 4.04. The molecule has 0 atom stereocenters. The summed E-state index contributed by atoms with van der Waals surface area (Å²) in [5, 5.41) is 0. The Morgan fingerprint density at radius 2 is 1.71 bits per heavy atom. The Bertz CT molecular complexity index is 400. The lowest BCUT2D eigenvalue weighted by molar-refractivity contribution is -0.0937. The van der Waals surface area contributed by atoms with Crippen molar-refractivity contribution in [1.82, 2.24) is 0 Å². The molecule has 92 valence electrons. The lowest BCUT2D eigenvalue weighted by Crippen LogP contribution is -2.58. The van der Waals surface area contributed by atoms with Crippen LogP contribution in [-0.2, 0) is 9.31 Å². The quantitative estimate of drug-likeness (QED) is 0.594. The molecule has 0 aromatic heterocycles. The zero-order valence-electron chi connectivity index (χ0n) is 11.0. The zero-order chi connectivity index (χ0) is 12.7. The first kappa shape index (κ1) is 12.5. The summed E-state index contributed by atoms with van der Waals surface area (Å²) >= 11 is 0. The zero-order valence-corrected chi connectivity index (χ0v) is 11.0. The third-order valence-electron chi connectivity index (χ3n) is 3.84. The largest absolute Gasteiger partial charge is 0.494 e. The molecule has 17 heavy (non-hydrogen) atoms. The predicted octanol–water partition coefficient (Wildman–Crippen LogP) is 1.82. The second-order valence-corrected chi connectivity index (χ2v) is 5.82. The molecule has 1 aromatic carbocycles. The number of anilines is 1. The van der Waals surface area contributed by atoms with Gasteiger partial charge in [0, 0.05) is 17.7 Å². The Morgan fingerprint density at radius 1 is 1.12 bits per heavy atom. The van der Waals surface area contributed by atoms with E-state index >= 15 is 0 Å². The van der Waals surface area contributed by atoms with Gasteiger partial charge in [0.1, 0.15) is 0 Å². The van der Waals surface area contributed by atoms with Crippen LogP contribution in [0.2, 0.25) is 0 Å². The molecule has 3 nitrogen and oxygen atoms in total. The summed E-state index contributed by atoms with van der Waals surface area (Å²) in [5.74, 6) is 0. The Morgan fingerprint density at radius 3 is 2.24 bits per heavy atom. The number of benzene rings is 1. The van der Waals surface area contributed by atoms with Gasteiger partial charge in [0.25, 0.3) is 0 Å². The number of hydrogen-bond acceptors (Lipinski definition) is 3. The van der Waals surface area contributed by atoms with Gasteiger partial charge in [-0.25, -0.2) is 0 Å². The van der Waals surface area contributed by atoms with Crippen LogP contribution in [0.4, 0.5) is 5.69 Å². The van der Waals surface area contributed by atoms with Crippen molar-refractivity contribution in [2.75, 3.05) is 12.3 Å². The summed E-state index contributed by atoms with van der Waals surface area (Å²) in [5.41, 5.74) is 7.24. The van der Waals surface area contributed by atoms with Crippen LogP contribution in [0.1, 0.15) is 27.7 Å². The molecule has 1 aliphatic heterocycles. The first-order valence-corrected chi connectivity index (χ1v) is 5.97. The molecule has 4 heteroatoms. The van der Waals surface area contributed by atoms with Gasteiger partial charge >= 0.3 is 7.12 Å². The van der Waals surface area contributed by atoms with Gasteiger partial charge in [-0.1, -0.05) is 26.0 Å². The van der Waals surface area contributed by atoms with Crippen LogP contribution in [0.3, 0.4) is 0 Å². The molecule has 2 rings (SSSR count). The van der Waals surface area contributed by atoms with E-state index in [2.05, 4.69) is 27.7 Å². The summed E-state index contributed by atoms with van der Waals surface area (Å²) in [4.78, 5) is 0. The fourth-order valence-electron chi connectivity index (χ4n) is 1.74. The summed E-state index contributed by atoms with van der Waals surface area (Å²) in [6.07, 6.45) is 0. The molecule has 0 radical (unpaired) electrons. The van der Waals surface area contributed by atoms with Crippen LogP contribution in [0, 0.1) is 5.41 Å². The lowest BCUT2D eigenvalue weighted by Gasteiger charge is -2.47. The molecule has 0 spiro atoms. The van der Waals surface area contributed by atoms with Crippen molar-refractivity contribution in [3.05, 3.63) is 24.3 Å². The molecule has 2 N–H and O–H groups in total. The van der Waals surface area contributed by atoms with E-state index in [1.54, 1.807) is 0 Å². The molecular weight excluding hydrogens is 213 g/mol. The van der Waals surface area contributed by atoms with E-state index in [4.69, 9.17) is 15.0 Å². The molecule has 1 saturated heterocycles. The number of nitrogens with two attached hydrogens (primary N) is 1. The Balaban J connectivity index is 2.18. The Labute approximate surface area is 103 Å². The van der Waals surface area contributed by atoms with Crippen LogP contribution in [0.15, 0.2) is 24.3 Å². The number of rotatable bonds is 1. The molecular formula is C13H20BNO2. The van der Waals surface area contributed by atoms with Crippen molar-refractivity contribution in [1.29, 1.82) is 0 Å². The van der Waals surface area contributed by atoms with Gasteiger partial charge in [0.2, 0.25) is 0 Å². The molecule has 0 amide bonds. The maximum absolute atomic E-state index is 6.05. The van der Waals surface area contributed by atoms with E-state index in [9.17, 15) is 0 Å². The molecule has 0 unspecified atom stereocenters. The van der Waals surface area contributed by atoms with Gasteiger partial charge in [-0.15, -0.1) is 0 Å². The smallest absolute Gasteiger partial charge is 0.407 e. The minimum atomic E-state index is -0.293. The highest BCUT2D eigenvalue weighted by Gasteiger charge is 2.46. The molecule has 1 heterocycles. The number of nitrogen functional groups attached to an aromatic ring is 1. The first-order chi connectivity index (χ1) is 7.82. The maximum atomic E-state index is 6.05. The van der Waals surface area contributed by atoms with E-state index in [0.717, 1.165) is 11.2 Å². The monoisotopic (exact) mass is 233 g/mol. The van der Waals surface area contributed by atoms with Gasteiger partial charge in [-0.3, -0.25) is 0 Å². The maximum Gasteiger partial charge on any atom is 0.494 e. The molecule has 1 fully saturated rings. The molecule has 1 aromatic rings. The van der Waals surface area contributed by atoms with Crippen molar-refractivity contribution < 1.29 is 9.31 Å². The van der Waals surface area contributed by atoms with Gasteiger partial charge in [0.15, 0.2) is 0 Å². The highest BCUT2D eigenvalue weighted by atomic mass is 16.6. The van der Waals surface area contributed by atoms with Crippen molar-refractivity contribution in [3.63, 3.8) is 0 Å². The standard InChI is InChI=1S/C13H20BNO2/c1-12(2)9-16-14(17-13(12,3)4)10-5-7-11(15)8-6-10/h5-8H,9,15H2,1-4H3. The van der Waals surface area contributed by atoms with Gasteiger partial charge < -0.3 is 15.0 Å². The van der Waals surface area contributed by atoms with E-state index < -0.39 is 0 Å². The van der Waals surface area contributed by atoms with E-state index in [1.165, 1.54) is 0 Å². The van der Waals surface area contributed by atoms with Crippen molar-refractivity contribution in [3.8, 4) is 0 Å². The van der Waals surface area contributed by atoms with Crippen molar-refractivity contribution in [2.45, 2.75) is 33.3 Å². The minimum absolute atomic E-state index is 0.0112. The van der Waals surface area contributed by atoms with Gasteiger partial charge in [0.05, 0.1) is 5.60 Å². The van der Waals surface area contributed by atoms with E-state index in [0.29, 0.717) is 6.61 Å². The van der Waals surface area contributed by atoms with Crippen LogP contribution in [0.5, 0.6) is 0 Å². The fraction of sp³-hybridized carbons (Fsp3) is 0.538. The van der Waals surface area contributed by atoms with Crippen molar-refractivity contribution in [2.24, 2.45) is 5.41 Å². The number of hydrogen-bond donors (Lipinski definition) is 1. The third-order valence-corrected chi connectivity index (χ3v) is 3.84. The summed E-state index contributed by atoms with van der Waals surface area (Å²) in [6.45, 7) is 9.23. The Kier molecular flexibility index (Phi) is 2.96. The van der Waals surface area contributed by atoms with Gasteiger partial charge in [-0.2, -0.15) is 0 Å². The van der Waals surface area contributed by atoms with Crippen LogP contribution in [0.25, 0.3) is 0 Å². The van der Waals surface area contributed by atoms with Crippen LogP contribution >= 0.6 is 0 Å². The topological polar surface area (TPSA) is 44.5 Å². The Hall–Kier alpha value is -0.995. The van der Waals surface area contributed by atoms with Crippen molar-refractivity contribution >= 4 is 18.3 Å². The normalized spacial score (nSPS) is 22.5. The van der Waals surface area contributed by atoms with E-state index in [1.807, 2.05) is 24.3 Å². The summed E-state index contributed by atoms with van der Waals surface area (Å²) in [7, 11) is -0.293. The second-order valence-electron chi connectivity index (χ2n) is 5.82. The summed E-state index contributed by atoms with van der Waals surface area (Å²) in [6, 6.07) is 7.65. The fourth-order valence-corrected chi connectivity index (χ4v) is 1.74. The van der Waals surface area contributed by atoms with Crippen LogP contribution < -0.4 is 11.2 Å². The first-order valence-electron chi connectivity index (χ1n) is 5.97. The average molecular weight is 233 g/mol. The molecule has 1 aliphatic rings. The summed E-state index contributed by atoms with van der Waals surface area (Å²) < 4.78 is 11.8. The molecule has 0 saturated carbocycles. The average Bonchev–Trinajstić information content (AvgIpc) is 2.23. The SMILES string of the molecule is CC1(C)COB(c2ccc(N)cc2)OC1(C)C. The highest BCUT2D eigenvalue weighted by molar-refractivity contribution is 6.61. The highest BCUT2D eigenvalue weighted by Crippen LogP contribution is 2.37. The predicted molar refractivity (Wildman–Crippen MR) is 71.1 cm³/mol. The molecule has 0 aliphatic carbocycles.